The number of benzene rings is 1. The fraction of sp³-hybridized carbons (Fsp3) is 0.263. The first-order chi connectivity index (χ1) is 13.6. The van der Waals surface area contributed by atoms with Crippen molar-refractivity contribution in [2.45, 2.75) is 11.4 Å². The van der Waals surface area contributed by atoms with E-state index in [-0.39, 0.29) is 28.4 Å². The molecule has 0 unspecified atom stereocenters. The number of ether oxygens (including phenoxy) is 2. The Kier molecular flexibility index (Phi) is 6.96. The highest BCUT2D eigenvalue weighted by Crippen LogP contribution is 2.30. The van der Waals surface area contributed by atoms with Crippen molar-refractivity contribution in [2.75, 3.05) is 33.2 Å². The molecule has 0 fully saturated rings. The third-order valence-corrected chi connectivity index (χ3v) is 4.92. The van der Waals surface area contributed by atoms with Crippen molar-refractivity contribution >= 4 is 27.7 Å². The topological polar surface area (TPSA) is 113 Å². The maximum atomic E-state index is 12.5. The molecule has 1 N–H and O–H groups in total. The number of methoxy groups -OCH3 is 2. The number of hydrogen-bond acceptors (Lipinski definition) is 8. The third kappa shape index (κ3) is 5.11. The summed E-state index contributed by atoms with van der Waals surface area (Å²) in [6.45, 7) is 0.264. The fourth-order valence-electron chi connectivity index (χ4n) is 2.77. The van der Waals surface area contributed by atoms with Crippen LogP contribution in [0.1, 0.15) is 5.56 Å². The van der Waals surface area contributed by atoms with Crippen molar-refractivity contribution in [3.8, 4) is 0 Å². The van der Waals surface area contributed by atoms with E-state index in [0.717, 1.165) is 7.11 Å². The van der Waals surface area contributed by atoms with E-state index in [0.29, 0.717) is 5.56 Å². The van der Waals surface area contributed by atoms with Crippen molar-refractivity contribution < 1.29 is 32.0 Å². The standard InChI is InChI=1S/C19H22N2O7S/c1-20(2)12-13-8-9-14(11-16(13)29(24,25)26)21-10-6-5-7-15(18(22)27-3)17(21)19(23)28-4/h5-11H,12H2,1-4H3,(H,24,25,26). The van der Waals surface area contributed by atoms with Crippen molar-refractivity contribution in [3.63, 3.8) is 0 Å². The molecule has 0 bridgehead atoms. The van der Waals surface area contributed by atoms with E-state index in [2.05, 4.69) is 0 Å². The van der Waals surface area contributed by atoms with Crippen LogP contribution in [-0.2, 0) is 35.7 Å². The second-order valence-electron chi connectivity index (χ2n) is 6.32. The largest absolute Gasteiger partial charge is 0.465 e. The van der Waals surface area contributed by atoms with Crippen LogP contribution in [0.3, 0.4) is 0 Å². The zero-order valence-electron chi connectivity index (χ0n) is 16.4. The van der Waals surface area contributed by atoms with Gasteiger partial charge in [0.05, 0.1) is 19.8 Å². The molecule has 9 nitrogen and oxygen atoms in total. The summed E-state index contributed by atoms with van der Waals surface area (Å²) in [4.78, 5) is 27.4. The number of carbonyl (C=O) groups is 2. The smallest absolute Gasteiger partial charge is 0.355 e. The normalized spacial score (nSPS) is 14.2. The van der Waals surface area contributed by atoms with Gasteiger partial charge in [-0.1, -0.05) is 12.1 Å². The molecule has 29 heavy (non-hydrogen) atoms. The van der Waals surface area contributed by atoms with Crippen LogP contribution in [0, 0.1) is 0 Å². The van der Waals surface area contributed by atoms with Crippen LogP contribution in [0.25, 0.3) is 0 Å². The maximum absolute atomic E-state index is 12.5. The van der Waals surface area contributed by atoms with Crippen LogP contribution >= 0.6 is 0 Å². The lowest BCUT2D eigenvalue weighted by Gasteiger charge is -2.24. The highest BCUT2D eigenvalue weighted by atomic mass is 32.2. The number of nitrogens with zero attached hydrogens (tertiary/aromatic N) is 2. The van der Waals surface area contributed by atoms with E-state index in [1.54, 1.807) is 31.1 Å². The van der Waals surface area contributed by atoms with Gasteiger partial charge in [-0.25, -0.2) is 9.59 Å². The van der Waals surface area contributed by atoms with Gasteiger partial charge in [-0.3, -0.25) is 4.55 Å². The van der Waals surface area contributed by atoms with Gasteiger partial charge < -0.3 is 19.3 Å². The number of carbonyl (C=O) groups excluding carboxylic acids is 2. The molecule has 0 spiro atoms. The lowest BCUT2D eigenvalue weighted by molar-refractivity contribution is -0.139. The zero-order valence-corrected chi connectivity index (χ0v) is 17.3. The monoisotopic (exact) mass is 422 g/mol. The van der Waals surface area contributed by atoms with Gasteiger partial charge in [-0.15, -0.1) is 0 Å². The summed E-state index contributed by atoms with van der Waals surface area (Å²) in [5.74, 6) is -1.60. The summed E-state index contributed by atoms with van der Waals surface area (Å²) in [7, 11) is 1.30. The average molecular weight is 422 g/mol. The Labute approximate surface area is 169 Å². The Morgan fingerprint density at radius 3 is 2.31 bits per heavy atom. The molecule has 0 aromatic heterocycles. The predicted octanol–water partition coefficient (Wildman–Crippen LogP) is 1.48. The second-order valence-corrected chi connectivity index (χ2v) is 7.71. The second kappa shape index (κ2) is 9.03. The predicted molar refractivity (Wildman–Crippen MR) is 105 cm³/mol. The molecule has 2 rings (SSSR count). The molecule has 0 atom stereocenters. The molecule has 0 saturated heterocycles. The molecule has 1 aliphatic heterocycles. The molecule has 0 saturated carbocycles. The fourth-order valence-corrected chi connectivity index (χ4v) is 3.50. The van der Waals surface area contributed by atoms with Crippen molar-refractivity contribution in [1.82, 2.24) is 4.90 Å². The van der Waals surface area contributed by atoms with E-state index >= 15 is 0 Å². The van der Waals surface area contributed by atoms with E-state index in [4.69, 9.17) is 9.47 Å². The molecule has 10 heteroatoms. The van der Waals surface area contributed by atoms with Gasteiger partial charge in [0.25, 0.3) is 10.1 Å². The lowest BCUT2D eigenvalue weighted by atomic mass is 10.1. The van der Waals surface area contributed by atoms with Gasteiger partial charge in [0.2, 0.25) is 0 Å². The molecule has 156 valence electrons. The minimum atomic E-state index is -4.54. The van der Waals surface area contributed by atoms with E-state index in [1.807, 2.05) is 0 Å². The van der Waals surface area contributed by atoms with Gasteiger partial charge in [0.15, 0.2) is 0 Å². The quantitative estimate of drug-likeness (QED) is 0.538. The summed E-state index contributed by atoms with van der Waals surface area (Å²) < 4.78 is 43.1. The summed E-state index contributed by atoms with van der Waals surface area (Å²) >= 11 is 0. The van der Waals surface area contributed by atoms with Crippen LogP contribution in [-0.4, -0.2) is 58.1 Å². The SMILES string of the molecule is COC(=O)C1=C(C(=O)OC)N(c2ccc(CN(C)C)c(S(=O)(=O)O)c2)C=CC=C1. The highest BCUT2D eigenvalue weighted by molar-refractivity contribution is 7.85. The number of esters is 2. The van der Waals surface area contributed by atoms with Crippen LogP contribution in [0.15, 0.2) is 58.8 Å². The van der Waals surface area contributed by atoms with E-state index < -0.39 is 22.1 Å². The zero-order chi connectivity index (χ0) is 21.8. The lowest BCUT2D eigenvalue weighted by Crippen LogP contribution is -2.27. The van der Waals surface area contributed by atoms with Crippen LogP contribution in [0.5, 0.6) is 0 Å². The summed E-state index contributed by atoms with van der Waals surface area (Å²) in [5.41, 5.74) is 0.359. The highest BCUT2D eigenvalue weighted by Gasteiger charge is 2.28. The van der Waals surface area contributed by atoms with Crippen LogP contribution < -0.4 is 4.90 Å². The number of hydrogen-bond donors (Lipinski definition) is 1. The van der Waals surface area contributed by atoms with Crippen molar-refractivity contribution in [1.29, 1.82) is 0 Å². The number of anilines is 1. The first-order valence-electron chi connectivity index (χ1n) is 8.40. The summed E-state index contributed by atoms with van der Waals surface area (Å²) in [6, 6.07) is 4.32. The Morgan fingerprint density at radius 1 is 1.10 bits per heavy atom. The Morgan fingerprint density at radius 2 is 1.76 bits per heavy atom. The molecule has 1 heterocycles. The van der Waals surface area contributed by atoms with Crippen molar-refractivity contribution in [2.24, 2.45) is 0 Å². The number of allylic oxidation sites excluding steroid dienone is 2. The van der Waals surface area contributed by atoms with Gasteiger partial charge >= 0.3 is 11.9 Å². The summed E-state index contributed by atoms with van der Waals surface area (Å²) in [6.07, 6.45) is 5.94. The third-order valence-electron chi connectivity index (χ3n) is 3.98. The molecule has 0 radical (unpaired) electrons. The molecular formula is C19H22N2O7S. The first kappa shape index (κ1) is 22.3. The minimum Gasteiger partial charge on any atom is -0.465 e. The first-order valence-corrected chi connectivity index (χ1v) is 9.84. The van der Waals surface area contributed by atoms with E-state index in [9.17, 15) is 22.6 Å². The Balaban J connectivity index is 2.73. The van der Waals surface area contributed by atoms with Crippen LogP contribution in [0.2, 0.25) is 0 Å². The van der Waals surface area contributed by atoms with Gasteiger partial charge in [-0.2, -0.15) is 8.42 Å². The molecule has 0 aliphatic carbocycles. The van der Waals surface area contributed by atoms with Crippen LogP contribution in [0.4, 0.5) is 5.69 Å². The molecule has 1 aromatic carbocycles. The minimum absolute atomic E-state index is 0.0740. The van der Waals surface area contributed by atoms with Gasteiger partial charge in [0.1, 0.15) is 10.6 Å². The Hall–Kier alpha value is -2.95. The summed E-state index contributed by atoms with van der Waals surface area (Å²) in [5, 5.41) is 0. The molecule has 0 amide bonds. The maximum Gasteiger partial charge on any atom is 0.355 e. The molecule has 1 aliphatic rings. The average Bonchev–Trinajstić information content (AvgIpc) is 2.88. The molecule has 1 aromatic rings. The number of rotatable bonds is 6. The van der Waals surface area contributed by atoms with Gasteiger partial charge in [-0.05, 0) is 43.9 Å². The Bertz CT molecular complexity index is 1010. The van der Waals surface area contributed by atoms with E-state index in [1.165, 1.54) is 42.5 Å². The molecular weight excluding hydrogens is 400 g/mol. The van der Waals surface area contributed by atoms with Gasteiger partial charge in [0, 0.05) is 18.4 Å². The van der Waals surface area contributed by atoms with Crippen molar-refractivity contribution in [3.05, 3.63) is 59.5 Å².